The molecule has 3 heterocycles. The molecule has 2 atom stereocenters. The number of hydrogen-bond acceptors (Lipinski definition) is 6. The van der Waals surface area contributed by atoms with Crippen LogP contribution in [0.15, 0.2) is 29.9 Å². The Morgan fingerprint density at radius 1 is 1.57 bits per heavy atom. The van der Waals surface area contributed by atoms with Crippen molar-refractivity contribution in [3.63, 3.8) is 0 Å². The first-order chi connectivity index (χ1) is 10.2. The molecule has 0 aliphatic carbocycles. The molecule has 1 fully saturated rings. The summed E-state index contributed by atoms with van der Waals surface area (Å²) in [5.41, 5.74) is 6.61. The van der Waals surface area contributed by atoms with Gasteiger partial charge < -0.3 is 15.4 Å². The van der Waals surface area contributed by atoms with Gasteiger partial charge >= 0.3 is 0 Å². The number of nitrogens with zero attached hydrogens (tertiary/aromatic N) is 3. The topological polar surface area (TPSA) is 81.3 Å². The third-order valence-electron chi connectivity index (χ3n) is 3.62. The number of likely N-dealkylation sites (N-methyl/N-ethyl adjacent to an activating group) is 1. The molecule has 21 heavy (non-hydrogen) atoms. The number of amides is 1. The minimum Gasteiger partial charge on any atom is -0.371 e. The summed E-state index contributed by atoms with van der Waals surface area (Å²) in [6.07, 6.45) is 4.44. The predicted molar refractivity (Wildman–Crippen MR) is 80.4 cm³/mol. The second kappa shape index (κ2) is 5.79. The van der Waals surface area contributed by atoms with Crippen LogP contribution in [0.3, 0.4) is 0 Å². The molecular weight excluding hydrogens is 288 g/mol. The maximum Gasteiger partial charge on any atom is 0.268 e. The molecule has 3 rings (SSSR count). The lowest BCUT2D eigenvalue weighted by molar-refractivity contribution is 0.0996. The summed E-state index contributed by atoms with van der Waals surface area (Å²) in [5.74, 6) is -0.502. The van der Waals surface area contributed by atoms with E-state index >= 15 is 0 Å². The Balaban J connectivity index is 1.82. The van der Waals surface area contributed by atoms with Gasteiger partial charge in [0.15, 0.2) is 5.13 Å². The quantitative estimate of drug-likeness (QED) is 0.928. The summed E-state index contributed by atoms with van der Waals surface area (Å²) in [5, 5.41) is 2.46. The molecule has 2 N–H and O–H groups in total. The number of rotatable bonds is 4. The van der Waals surface area contributed by atoms with Gasteiger partial charge in [-0.3, -0.25) is 9.78 Å². The van der Waals surface area contributed by atoms with E-state index in [2.05, 4.69) is 14.9 Å². The molecule has 7 heteroatoms. The zero-order valence-electron chi connectivity index (χ0n) is 11.6. The van der Waals surface area contributed by atoms with Crippen LogP contribution in [0.4, 0.5) is 5.13 Å². The van der Waals surface area contributed by atoms with Crippen LogP contribution in [-0.4, -0.2) is 35.6 Å². The number of ether oxygens (including phenoxy) is 1. The van der Waals surface area contributed by atoms with E-state index in [1.807, 2.05) is 25.4 Å². The number of pyridine rings is 1. The molecule has 0 aromatic carbocycles. The summed E-state index contributed by atoms with van der Waals surface area (Å²) in [4.78, 5) is 21.6. The number of carbonyl (C=O) groups is 1. The Hall–Kier alpha value is -1.99. The summed E-state index contributed by atoms with van der Waals surface area (Å²) in [6, 6.07) is 4.09. The van der Waals surface area contributed by atoms with Crippen molar-refractivity contribution in [3.8, 4) is 0 Å². The lowest BCUT2D eigenvalue weighted by Crippen LogP contribution is -2.34. The standard InChI is InChI=1S/C14H16N4O2S/c1-18(14-17-10(8-21-14)13(15)19)11-4-6-20-12(11)9-3-2-5-16-7-9/h2-3,5,7-8,11-12H,4,6H2,1H3,(H2,15,19)/t11-,12+/m0/s1. The number of primary amides is 1. The van der Waals surface area contributed by atoms with E-state index in [0.29, 0.717) is 12.3 Å². The highest BCUT2D eigenvalue weighted by molar-refractivity contribution is 7.13. The van der Waals surface area contributed by atoms with E-state index in [9.17, 15) is 4.79 Å². The van der Waals surface area contributed by atoms with Gasteiger partial charge in [0.05, 0.1) is 6.04 Å². The van der Waals surface area contributed by atoms with Gasteiger partial charge in [-0.1, -0.05) is 6.07 Å². The SMILES string of the molecule is CN(c1nc(C(N)=O)cs1)[C@H]1CCO[C@@H]1c1cccnc1. The highest BCUT2D eigenvalue weighted by Crippen LogP contribution is 2.35. The maximum atomic E-state index is 11.2. The van der Waals surface area contributed by atoms with Crippen molar-refractivity contribution in [2.45, 2.75) is 18.6 Å². The number of anilines is 1. The lowest BCUT2D eigenvalue weighted by atomic mass is 10.0. The molecule has 0 saturated carbocycles. The van der Waals surface area contributed by atoms with Gasteiger partial charge in [0.2, 0.25) is 0 Å². The third-order valence-corrected chi connectivity index (χ3v) is 4.55. The molecular formula is C14H16N4O2S. The highest BCUT2D eigenvalue weighted by atomic mass is 32.1. The normalized spacial score (nSPS) is 21.4. The molecule has 1 saturated heterocycles. The number of thiazole rings is 1. The van der Waals surface area contributed by atoms with Gasteiger partial charge in [0.25, 0.3) is 5.91 Å². The first-order valence-corrected chi connectivity index (χ1v) is 7.54. The Morgan fingerprint density at radius 3 is 3.10 bits per heavy atom. The van der Waals surface area contributed by atoms with Crippen molar-refractivity contribution < 1.29 is 9.53 Å². The summed E-state index contributed by atoms with van der Waals surface area (Å²) >= 11 is 1.41. The second-order valence-electron chi connectivity index (χ2n) is 4.92. The first-order valence-electron chi connectivity index (χ1n) is 6.66. The van der Waals surface area contributed by atoms with Gasteiger partial charge in [0.1, 0.15) is 11.8 Å². The highest BCUT2D eigenvalue weighted by Gasteiger charge is 2.34. The van der Waals surface area contributed by atoms with Crippen LogP contribution in [-0.2, 0) is 4.74 Å². The molecule has 1 aliphatic heterocycles. The lowest BCUT2D eigenvalue weighted by Gasteiger charge is -2.28. The number of nitrogens with two attached hydrogens (primary N) is 1. The van der Waals surface area contributed by atoms with Crippen molar-refractivity contribution in [1.29, 1.82) is 0 Å². The van der Waals surface area contributed by atoms with Crippen LogP contribution in [0.5, 0.6) is 0 Å². The predicted octanol–water partition coefficient (Wildman–Crippen LogP) is 1.60. The molecule has 0 unspecified atom stereocenters. The van der Waals surface area contributed by atoms with Crippen LogP contribution in [0.25, 0.3) is 0 Å². The summed E-state index contributed by atoms with van der Waals surface area (Å²) in [6.45, 7) is 0.697. The molecule has 2 aromatic heterocycles. The molecule has 1 amide bonds. The minimum absolute atomic E-state index is 0.0374. The van der Waals surface area contributed by atoms with Gasteiger partial charge in [-0.2, -0.15) is 0 Å². The van der Waals surface area contributed by atoms with Crippen LogP contribution < -0.4 is 10.6 Å². The smallest absolute Gasteiger partial charge is 0.268 e. The van der Waals surface area contributed by atoms with E-state index in [0.717, 1.165) is 17.1 Å². The van der Waals surface area contributed by atoms with Crippen molar-refractivity contribution in [1.82, 2.24) is 9.97 Å². The Morgan fingerprint density at radius 2 is 2.43 bits per heavy atom. The summed E-state index contributed by atoms with van der Waals surface area (Å²) in [7, 11) is 1.96. The zero-order valence-corrected chi connectivity index (χ0v) is 12.4. The number of carbonyl (C=O) groups excluding carboxylic acids is 1. The first kappa shape index (κ1) is 14.0. The molecule has 0 radical (unpaired) electrons. The van der Waals surface area contributed by atoms with Crippen molar-refractivity contribution in [2.75, 3.05) is 18.6 Å². The van der Waals surface area contributed by atoms with E-state index < -0.39 is 5.91 Å². The fraction of sp³-hybridized carbons (Fsp3) is 0.357. The third kappa shape index (κ3) is 2.74. The number of aromatic nitrogens is 2. The minimum atomic E-state index is -0.502. The monoisotopic (exact) mass is 304 g/mol. The van der Waals surface area contributed by atoms with Crippen molar-refractivity contribution in [3.05, 3.63) is 41.2 Å². The van der Waals surface area contributed by atoms with E-state index in [4.69, 9.17) is 10.5 Å². The average Bonchev–Trinajstić information content (AvgIpc) is 3.17. The molecule has 110 valence electrons. The number of hydrogen-bond donors (Lipinski definition) is 1. The van der Waals surface area contributed by atoms with Crippen LogP contribution >= 0.6 is 11.3 Å². The van der Waals surface area contributed by atoms with Crippen molar-refractivity contribution in [2.24, 2.45) is 5.73 Å². The van der Waals surface area contributed by atoms with Crippen LogP contribution in [0.2, 0.25) is 0 Å². The van der Waals surface area contributed by atoms with Crippen LogP contribution in [0, 0.1) is 0 Å². The average molecular weight is 304 g/mol. The van der Waals surface area contributed by atoms with Gasteiger partial charge in [-0.05, 0) is 12.5 Å². The Kier molecular flexibility index (Phi) is 3.85. The van der Waals surface area contributed by atoms with Gasteiger partial charge in [0, 0.05) is 37.0 Å². The molecule has 6 nitrogen and oxygen atoms in total. The largest absolute Gasteiger partial charge is 0.371 e. The Bertz CT molecular complexity index is 631. The fourth-order valence-corrected chi connectivity index (χ4v) is 3.36. The van der Waals surface area contributed by atoms with E-state index in [1.54, 1.807) is 11.6 Å². The maximum absolute atomic E-state index is 11.2. The van der Waals surface area contributed by atoms with Gasteiger partial charge in [-0.25, -0.2) is 4.98 Å². The van der Waals surface area contributed by atoms with E-state index in [-0.39, 0.29) is 12.1 Å². The fourth-order valence-electron chi connectivity index (χ4n) is 2.52. The second-order valence-corrected chi connectivity index (χ2v) is 5.76. The Labute approximate surface area is 126 Å². The zero-order chi connectivity index (χ0) is 14.8. The molecule has 0 spiro atoms. The van der Waals surface area contributed by atoms with E-state index in [1.165, 1.54) is 11.3 Å². The molecule has 2 aromatic rings. The molecule has 1 aliphatic rings. The van der Waals surface area contributed by atoms with Crippen molar-refractivity contribution >= 4 is 22.4 Å². The van der Waals surface area contributed by atoms with Gasteiger partial charge in [-0.15, -0.1) is 11.3 Å². The molecule has 0 bridgehead atoms. The van der Waals surface area contributed by atoms with Crippen LogP contribution in [0.1, 0.15) is 28.6 Å². The summed E-state index contributed by atoms with van der Waals surface area (Å²) < 4.78 is 5.85.